The average Bonchev–Trinajstić information content (AvgIpc) is 1.55. The molecule has 0 aromatic carbocycles. The van der Waals surface area contributed by atoms with Crippen LogP contribution < -0.4 is 0 Å². The predicted octanol–water partition coefficient (Wildman–Crippen LogP) is 4.25. The summed E-state index contributed by atoms with van der Waals surface area (Å²) in [5, 5.41) is 0. The van der Waals surface area contributed by atoms with Crippen molar-refractivity contribution in [3.8, 4) is 0 Å². The summed E-state index contributed by atoms with van der Waals surface area (Å²) in [5.74, 6) is 0. The zero-order valence-corrected chi connectivity index (χ0v) is 10.8. The van der Waals surface area contributed by atoms with Crippen LogP contribution in [0.25, 0.3) is 0 Å². The second kappa shape index (κ2) is 5.30. The fourth-order valence-electron chi connectivity index (χ4n) is 1.15. The topological polar surface area (TPSA) is 0 Å². The Kier molecular flexibility index (Phi) is 6.64. The Hall–Kier alpha value is 0.532. The van der Waals surface area contributed by atoms with Crippen molar-refractivity contribution in [2.45, 2.75) is 60.8 Å². The van der Waals surface area contributed by atoms with Gasteiger partial charge in [-0.25, -0.2) is 0 Å². The van der Waals surface area contributed by atoms with Crippen LogP contribution in [0.1, 0.15) is 60.8 Å². The Bertz CT molecular complexity index is 89.2. The minimum absolute atomic E-state index is 0. The summed E-state index contributed by atoms with van der Waals surface area (Å²) in [6, 6.07) is 0. The Morgan fingerprint density at radius 1 is 0.667 bits per heavy atom. The van der Waals surface area contributed by atoms with Crippen molar-refractivity contribution in [1.29, 1.82) is 0 Å². The van der Waals surface area contributed by atoms with E-state index in [1.807, 2.05) is 0 Å². The van der Waals surface area contributed by atoms with Gasteiger partial charge in [-0.05, 0) is 23.7 Å². The van der Waals surface area contributed by atoms with Gasteiger partial charge in [-0.15, -0.1) is 0 Å². The van der Waals surface area contributed by atoms with E-state index in [2.05, 4.69) is 41.5 Å². The molecule has 71 valence electrons. The van der Waals surface area contributed by atoms with Gasteiger partial charge in [0.15, 0.2) is 0 Å². The van der Waals surface area contributed by atoms with Crippen molar-refractivity contribution in [3.63, 3.8) is 0 Å². The van der Waals surface area contributed by atoms with Crippen molar-refractivity contribution < 1.29 is 17.4 Å². The van der Waals surface area contributed by atoms with Crippen molar-refractivity contribution in [2.75, 3.05) is 0 Å². The molecule has 0 amide bonds. The maximum atomic E-state index is 2.32. The van der Waals surface area contributed by atoms with Crippen molar-refractivity contribution in [1.82, 2.24) is 0 Å². The molecule has 0 rings (SSSR count). The Balaban J connectivity index is 0. The van der Waals surface area contributed by atoms with Crippen LogP contribution in [0.15, 0.2) is 0 Å². The molecule has 0 saturated carbocycles. The zero-order valence-electron chi connectivity index (χ0n) is 9.53. The molecule has 0 N–H and O–H groups in total. The molecule has 0 fully saturated rings. The van der Waals surface area contributed by atoms with E-state index in [1.54, 1.807) is 0 Å². The standard InChI is InChI=1S/C11H24.Cr/c1-10(2,3)8-7-9-11(4,5)6;/h7-9H2,1-6H3;/q;+3. The van der Waals surface area contributed by atoms with E-state index in [-0.39, 0.29) is 17.4 Å². The monoisotopic (exact) mass is 208 g/mol. The zero-order chi connectivity index (χ0) is 9.12. The van der Waals surface area contributed by atoms with Crippen LogP contribution in [0.3, 0.4) is 0 Å². The third-order valence-corrected chi connectivity index (χ3v) is 1.85. The maximum absolute atomic E-state index is 2.32. The summed E-state index contributed by atoms with van der Waals surface area (Å²) in [7, 11) is 0. The molecule has 0 bridgehead atoms. The van der Waals surface area contributed by atoms with Gasteiger partial charge in [-0.1, -0.05) is 48.0 Å². The third-order valence-electron chi connectivity index (χ3n) is 1.85. The van der Waals surface area contributed by atoms with Gasteiger partial charge in [0.25, 0.3) is 0 Å². The van der Waals surface area contributed by atoms with E-state index in [9.17, 15) is 0 Å². The molecule has 0 heterocycles. The fraction of sp³-hybridized carbons (Fsp3) is 1.00. The number of hydrogen-bond acceptors (Lipinski definition) is 0. The molecule has 1 radical (unpaired) electrons. The summed E-state index contributed by atoms with van der Waals surface area (Å²) in [6.07, 6.45) is 4.07. The number of hydrogen-bond donors (Lipinski definition) is 0. The van der Waals surface area contributed by atoms with Gasteiger partial charge >= 0.3 is 17.4 Å². The molecule has 0 aliphatic heterocycles. The Morgan fingerprint density at radius 3 is 1.08 bits per heavy atom. The van der Waals surface area contributed by atoms with Gasteiger partial charge in [0.05, 0.1) is 0 Å². The summed E-state index contributed by atoms with van der Waals surface area (Å²) in [6.45, 7) is 13.9. The van der Waals surface area contributed by atoms with Crippen LogP contribution in [0.2, 0.25) is 0 Å². The second-order valence-corrected chi connectivity index (χ2v) is 5.97. The van der Waals surface area contributed by atoms with Crippen LogP contribution in [0.5, 0.6) is 0 Å². The largest absolute Gasteiger partial charge is 3.00 e. The van der Waals surface area contributed by atoms with Gasteiger partial charge < -0.3 is 0 Å². The van der Waals surface area contributed by atoms with Crippen LogP contribution in [0, 0.1) is 10.8 Å². The van der Waals surface area contributed by atoms with Gasteiger partial charge in [-0.2, -0.15) is 0 Å². The third kappa shape index (κ3) is 13.1. The molecule has 1 heteroatoms. The summed E-state index contributed by atoms with van der Waals surface area (Å²) in [4.78, 5) is 0. The van der Waals surface area contributed by atoms with E-state index in [0.717, 1.165) is 0 Å². The van der Waals surface area contributed by atoms with Gasteiger partial charge in [0.2, 0.25) is 0 Å². The summed E-state index contributed by atoms with van der Waals surface area (Å²) >= 11 is 0. The Labute approximate surface area is 89.3 Å². The number of rotatable bonds is 2. The average molecular weight is 208 g/mol. The molecule has 0 aromatic heterocycles. The smallest absolute Gasteiger partial charge is 0.0602 e. The maximum Gasteiger partial charge on any atom is 3.00 e. The molecule has 0 unspecified atom stereocenters. The van der Waals surface area contributed by atoms with E-state index in [1.165, 1.54) is 19.3 Å². The first-order valence-electron chi connectivity index (χ1n) is 4.71. The minimum Gasteiger partial charge on any atom is -0.0602 e. The first kappa shape index (κ1) is 15.0. The molecule has 12 heavy (non-hydrogen) atoms. The van der Waals surface area contributed by atoms with Crippen LogP contribution >= 0.6 is 0 Å². The van der Waals surface area contributed by atoms with Crippen LogP contribution in [0.4, 0.5) is 0 Å². The second-order valence-electron chi connectivity index (χ2n) is 5.97. The SMILES string of the molecule is CC(C)(C)CCCC(C)(C)C.[Cr+3]. The van der Waals surface area contributed by atoms with E-state index in [0.29, 0.717) is 10.8 Å². The quantitative estimate of drug-likeness (QED) is 0.636. The van der Waals surface area contributed by atoms with Crippen molar-refractivity contribution in [3.05, 3.63) is 0 Å². The molecule has 0 saturated heterocycles. The molecule has 0 aromatic rings. The molecule has 0 aliphatic rings. The molecule has 0 atom stereocenters. The van der Waals surface area contributed by atoms with Crippen LogP contribution in [-0.2, 0) is 17.4 Å². The normalized spacial score (nSPS) is 12.5. The molecule has 0 nitrogen and oxygen atoms in total. The molecule has 0 spiro atoms. The van der Waals surface area contributed by atoms with Crippen molar-refractivity contribution in [2.24, 2.45) is 10.8 Å². The Morgan fingerprint density at radius 2 is 0.917 bits per heavy atom. The van der Waals surface area contributed by atoms with E-state index >= 15 is 0 Å². The van der Waals surface area contributed by atoms with Crippen molar-refractivity contribution >= 4 is 0 Å². The summed E-state index contributed by atoms with van der Waals surface area (Å²) < 4.78 is 0. The minimum atomic E-state index is 0. The van der Waals surface area contributed by atoms with E-state index in [4.69, 9.17) is 0 Å². The van der Waals surface area contributed by atoms with Gasteiger partial charge in [0, 0.05) is 0 Å². The summed E-state index contributed by atoms with van der Waals surface area (Å²) in [5.41, 5.74) is 1.04. The van der Waals surface area contributed by atoms with Gasteiger partial charge in [0.1, 0.15) is 0 Å². The molecular weight excluding hydrogens is 184 g/mol. The first-order valence-corrected chi connectivity index (χ1v) is 4.71. The van der Waals surface area contributed by atoms with Gasteiger partial charge in [-0.3, -0.25) is 0 Å². The molecular formula is C11H24Cr+3. The first-order chi connectivity index (χ1) is 4.71. The predicted molar refractivity (Wildman–Crippen MR) is 52.8 cm³/mol. The fourth-order valence-corrected chi connectivity index (χ4v) is 1.15. The van der Waals surface area contributed by atoms with E-state index < -0.39 is 0 Å². The molecule has 0 aliphatic carbocycles. The van der Waals surface area contributed by atoms with Crippen LogP contribution in [-0.4, -0.2) is 0 Å².